The van der Waals surface area contributed by atoms with Crippen LogP contribution in [-0.2, 0) is 4.74 Å². The molecule has 0 radical (unpaired) electrons. The standard InChI is InChI=1S/C23H26N2O2/c26-23(19-8-3-1-4-9-19)27-22-13-16-24(17-14-22)18-21-12-7-15-25(21)20-10-5-2-6-11-20/h1-6,8-11,13,21H,7,12,14-18H2. The highest BCUT2D eigenvalue weighted by atomic mass is 16.5. The van der Waals surface area contributed by atoms with Gasteiger partial charge in [0.2, 0.25) is 0 Å². The molecule has 4 heteroatoms. The molecular formula is C23H26N2O2. The molecule has 0 N–H and O–H groups in total. The minimum absolute atomic E-state index is 0.263. The van der Waals surface area contributed by atoms with Gasteiger partial charge in [-0.2, -0.15) is 0 Å². The Balaban J connectivity index is 1.32. The zero-order valence-electron chi connectivity index (χ0n) is 15.6. The molecule has 2 aromatic carbocycles. The summed E-state index contributed by atoms with van der Waals surface area (Å²) in [6.07, 6.45) is 5.34. The van der Waals surface area contributed by atoms with Crippen LogP contribution in [0.2, 0.25) is 0 Å². The van der Waals surface area contributed by atoms with Crippen LogP contribution in [0.15, 0.2) is 72.5 Å². The van der Waals surface area contributed by atoms with Crippen LogP contribution in [0.5, 0.6) is 0 Å². The molecule has 2 heterocycles. The molecule has 1 unspecified atom stereocenters. The van der Waals surface area contributed by atoms with E-state index in [4.69, 9.17) is 4.74 Å². The van der Waals surface area contributed by atoms with Crippen molar-refractivity contribution in [2.24, 2.45) is 0 Å². The summed E-state index contributed by atoms with van der Waals surface area (Å²) >= 11 is 0. The summed E-state index contributed by atoms with van der Waals surface area (Å²) in [5.41, 5.74) is 1.93. The van der Waals surface area contributed by atoms with E-state index in [1.54, 1.807) is 12.1 Å². The molecule has 0 bridgehead atoms. The zero-order valence-corrected chi connectivity index (χ0v) is 15.6. The van der Waals surface area contributed by atoms with Crippen molar-refractivity contribution in [3.8, 4) is 0 Å². The Kier molecular flexibility index (Phi) is 5.54. The Hall–Kier alpha value is -2.59. The van der Waals surface area contributed by atoms with Gasteiger partial charge in [0.25, 0.3) is 0 Å². The molecule has 0 spiro atoms. The lowest BCUT2D eigenvalue weighted by molar-refractivity contribution is 0.0596. The van der Waals surface area contributed by atoms with Crippen molar-refractivity contribution in [2.45, 2.75) is 25.3 Å². The summed E-state index contributed by atoms with van der Waals surface area (Å²) < 4.78 is 5.57. The SMILES string of the molecule is O=C(OC1=CCN(CC2CCCN2c2ccccc2)CC1)c1ccccc1. The van der Waals surface area contributed by atoms with Crippen molar-refractivity contribution in [3.63, 3.8) is 0 Å². The van der Waals surface area contributed by atoms with Crippen LogP contribution < -0.4 is 4.90 Å². The first-order valence-corrected chi connectivity index (χ1v) is 9.80. The van der Waals surface area contributed by atoms with Gasteiger partial charge in [-0.05, 0) is 43.2 Å². The Bertz CT molecular complexity index is 789. The lowest BCUT2D eigenvalue weighted by Crippen LogP contribution is -2.42. The summed E-state index contributed by atoms with van der Waals surface area (Å²) in [7, 11) is 0. The average Bonchev–Trinajstić information content (AvgIpc) is 3.19. The highest BCUT2D eigenvalue weighted by Crippen LogP contribution is 2.26. The molecule has 1 atom stereocenters. The number of carbonyl (C=O) groups is 1. The van der Waals surface area contributed by atoms with E-state index in [1.165, 1.54) is 18.5 Å². The number of hydrogen-bond donors (Lipinski definition) is 0. The van der Waals surface area contributed by atoms with E-state index < -0.39 is 0 Å². The van der Waals surface area contributed by atoms with Crippen molar-refractivity contribution in [1.82, 2.24) is 4.90 Å². The van der Waals surface area contributed by atoms with Crippen molar-refractivity contribution in [3.05, 3.63) is 78.1 Å². The minimum atomic E-state index is -0.263. The van der Waals surface area contributed by atoms with Crippen molar-refractivity contribution < 1.29 is 9.53 Å². The van der Waals surface area contributed by atoms with Gasteiger partial charge < -0.3 is 9.64 Å². The lowest BCUT2D eigenvalue weighted by atomic mass is 10.1. The number of hydrogen-bond acceptors (Lipinski definition) is 4. The van der Waals surface area contributed by atoms with Crippen LogP contribution in [0.4, 0.5) is 5.69 Å². The minimum Gasteiger partial charge on any atom is -0.428 e. The maximum absolute atomic E-state index is 12.2. The van der Waals surface area contributed by atoms with E-state index in [9.17, 15) is 4.79 Å². The fourth-order valence-corrected chi connectivity index (χ4v) is 3.99. The van der Waals surface area contributed by atoms with Crippen molar-refractivity contribution in [2.75, 3.05) is 31.1 Å². The maximum Gasteiger partial charge on any atom is 0.343 e. The molecule has 0 aromatic heterocycles. The third kappa shape index (κ3) is 4.40. The van der Waals surface area contributed by atoms with Gasteiger partial charge in [-0.25, -0.2) is 4.79 Å². The van der Waals surface area contributed by atoms with E-state index in [2.05, 4.69) is 46.2 Å². The largest absolute Gasteiger partial charge is 0.428 e. The normalized spacial score (nSPS) is 20.4. The summed E-state index contributed by atoms with van der Waals surface area (Å²) in [6.45, 7) is 3.98. The maximum atomic E-state index is 12.2. The first-order valence-electron chi connectivity index (χ1n) is 9.80. The van der Waals surface area contributed by atoms with Crippen LogP contribution >= 0.6 is 0 Å². The number of ether oxygens (including phenoxy) is 1. The first-order chi connectivity index (χ1) is 13.3. The predicted octanol–water partition coefficient (Wildman–Crippen LogP) is 4.10. The van der Waals surface area contributed by atoms with Crippen LogP contribution in [0.1, 0.15) is 29.6 Å². The van der Waals surface area contributed by atoms with Gasteiger partial charge in [0.05, 0.1) is 5.56 Å². The Morgan fingerprint density at radius 2 is 1.74 bits per heavy atom. The van der Waals surface area contributed by atoms with E-state index in [1.807, 2.05) is 18.2 Å². The molecule has 0 saturated carbocycles. The van der Waals surface area contributed by atoms with Crippen LogP contribution in [0.25, 0.3) is 0 Å². The quantitative estimate of drug-likeness (QED) is 0.750. The summed E-state index contributed by atoms with van der Waals surface area (Å²) in [5.74, 6) is 0.535. The zero-order chi connectivity index (χ0) is 18.5. The lowest BCUT2D eigenvalue weighted by Gasteiger charge is -2.33. The van der Waals surface area contributed by atoms with Crippen LogP contribution in [0, 0.1) is 0 Å². The molecule has 1 fully saturated rings. The second kappa shape index (κ2) is 8.40. The molecule has 27 heavy (non-hydrogen) atoms. The molecule has 4 rings (SSSR count). The highest BCUT2D eigenvalue weighted by molar-refractivity contribution is 5.89. The fourth-order valence-electron chi connectivity index (χ4n) is 3.99. The van der Waals surface area contributed by atoms with Crippen LogP contribution in [0.3, 0.4) is 0 Å². The highest BCUT2D eigenvalue weighted by Gasteiger charge is 2.27. The number of nitrogens with zero attached hydrogens (tertiary/aromatic N) is 2. The number of rotatable bonds is 5. The molecule has 4 nitrogen and oxygen atoms in total. The van der Waals surface area contributed by atoms with Crippen molar-refractivity contribution in [1.29, 1.82) is 0 Å². The van der Waals surface area contributed by atoms with Gasteiger partial charge in [-0.15, -0.1) is 0 Å². The predicted molar refractivity (Wildman–Crippen MR) is 108 cm³/mol. The number of esters is 1. The molecule has 1 saturated heterocycles. The van der Waals surface area contributed by atoms with Gasteiger partial charge in [0.1, 0.15) is 5.76 Å². The van der Waals surface area contributed by atoms with Gasteiger partial charge in [0.15, 0.2) is 0 Å². The summed E-state index contributed by atoms with van der Waals surface area (Å²) in [4.78, 5) is 17.2. The smallest absolute Gasteiger partial charge is 0.343 e. The molecule has 0 amide bonds. The third-order valence-corrected chi connectivity index (χ3v) is 5.42. The topological polar surface area (TPSA) is 32.8 Å². The van der Waals surface area contributed by atoms with Crippen LogP contribution in [-0.4, -0.2) is 43.1 Å². The van der Waals surface area contributed by atoms with E-state index in [-0.39, 0.29) is 5.97 Å². The van der Waals surface area contributed by atoms with Crippen molar-refractivity contribution >= 4 is 11.7 Å². The molecular weight excluding hydrogens is 336 g/mol. The number of anilines is 1. The molecule has 0 aliphatic carbocycles. The first kappa shape index (κ1) is 17.8. The van der Waals surface area contributed by atoms with Gasteiger partial charge in [-0.1, -0.05) is 36.4 Å². The van der Waals surface area contributed by atoms with E-state index >= 15 is 0 Å². The Morgan fingerprint density at radius 1 is 1.00 bits per heavy atom. The molecule has 2 aliphatic rings. The van der Waals surface area contributed by atoms with Gasteiger partial charge in [0, 0.05) is 44.3 Å². The number of para-hydroxylation sites is 1. The monoisotopic (exact) mass is 362 g/mol. The Morgan fingerprint density at radius 3 is 2.44 bits per heavy atom. The second-order valence-corrected chi connectivity index (χ2v) is 7.26. The molecule has 2 aliphatic heterocycles. The molecule has 2 aromatic rings. The van der Waals surface area contributed by atoms with E-state index in [0.29, 0.717) is 11.6 Å². The molecule has 140 valence electrons. The fraction of sp³-hybridized carbons (Fsp3) is 0.348. The summed E-state index contributed by atoms with van der Waals surface area (Å²) in [5, 5.41) is 0. The number of benzene rings is 2. The average molecular weight is 362 g/mol. The second-order valence-electron chi connectivity index (χ2n) is 7.26. The number of carbonyl (C=O) groups excluding carboxylic acids is 1. The summed E-state index contributed by atoms with van der Waals surface area (Å²) in [6, 6.07) is 20.5. The van der Waals surface area contributed by atoms with Gasteiger partial charge >= 0.3 is 5.97 Å². The Labute approximate surface area is 161 Å². The third-order valence-electron chi connectivity index (χ3n) is 5.42. The van der Waals surface area contributed by atoms with E-state index in [0.717, 1.165) is 38.4 Å². The van der Waals surface area contributed by atoms with Gasteiger partial charge in [-0.3, -0.25) is 4.90 Å².